The summed E-state index contributed by atoms with van der Waals surface area (Å²) in [7, 11) is 1.36. The summed E-state index contributed by atoms with van der Waals surface area (Å²) in [6.45, 7) is 0.758. The first-order chi connectivity index (χ1) is 6.74. The molecule has 1 N–H and O–H groups in total. The molecule has 0 radical (unpaired) electrons. The fourth-order valence-electron chi connectivity index (χ4n) is 1.30. The molecule has 0 bridgehead atoms. The van der Waals surface area contributed by atoms with E-state index in [1.807, 2.05) is 0 Å². The van der Waals surface area contributed by atoms with Crippen molar-refractivity contribution >= 4 is 23.6 Å². The topological polar surface area (TPSA) is 55.4 Å². The van der Waals surface area contributed by atoms with Crippen molar-refractivity contribution in [3.05, 3.63) is 0 Å². The highest BCUT2D eigenvalue weighted by molar-refractivity contribution is 8.01. The minimum Gasteiger partial charge on any atom is -0.468 e. The molecule has 0 aromatic carbocycles. The number of esters is 1. The van der Waals surface area contributed by atoms with Gasteiger partial charge in [-0.25, -0.2) is 0 Å². The molecular formula is C9H15NO3S. The number of thioether (sulfide) groups is 1. The van der Waals surface area contributed by atoms with E-state index < -0.39 is 0 Å². The molecule has 1 heterocycles. The Balaban J connectivity index is 2.33. The third kappa shape index (κ3) is 3.57. The molecule has 1 amide bonds. The summed E-state index contributed by atoms with van der Waals surface area (Å²) in [5.41, 5.74) is 0. The van der Waals surface area contributed by atoms with Crippen LogP contribution in [0.2, 0.25) is 0 Å². The molecule has 80 valence electrons. The number of carbonyl (C=O) groups is 2. The highest BCUT2D eigenvalue weighted by atomic mass is 32.2. The van der Waals surface area contributed by atoms with E-state index in [4.69, 9.17) is 0 Å². The summed E-state index contributed by atoms with van der Waals surface area (Å²) in [5, 5.41) is 2.74. The molecule has 0 aromatic rings. The molecule has 1 aliphatic rings. The number of carbonyl (C=O) groups excluding carboxylic acids is 2. The lowest BCUT2D eigenvalue weighted by Gasteiger charge is -2.11. The quantitative estimate of drug-likeness (QED) is 0.702. The second kappa shape index (κ2) is 5.90. The van der Waals surface area contributed by atoms with Gasteiger partial charge in [0.25, 0.3) is 0 Å². The van der Waals surface area contributed by atoms with Crippen LogP contribution in [-0.2, 0) is 14.3 Å². The molecule has 0 unspecified atom stereocenters. The van der Waals surface area contributed by atoms with Gasteiger partial charge in [-0.1, -0.05) is 6.42 Å². The summed E-state index contributed by atoms with van der Waals surface area (Å²) in [6.07, 6.45) is 2.92. The number of rotatable bonds is 3. The summed E-state index contributed by atoms with van der Waals surface area (Å²) >= 11 is 1.36. The van der Waals surface area contributed by atoms with Gasteiger partial charge in [0.1, 0.15) is 0 Å². The molecule has 1 atom stereocenters. The third-order valence-electron chi connectivity index (χ3n) is 2.11. The van der Waals surface area contributed by atoms with Gasteiger partial charge in [-0.15, -0.1) is 11.8 Å². The Bertz CT molecular complexity index is 220. The molecular weight excluding hydrogens is 202 g/mol. The maximum absolute atomic E-state index is 11.4. The van der Waals surface area contributed by atoms with Crippen molar-refractivity contribution in [2.45, 2.75) is 24.5 Å². The summed E-state index contributed by atoms with van der Waals surface area (Å²) in [4.78, 5) is 22.3. The lowest BCUT2D eigenvalue weighted by molar-refractivity contribution is -0.137. The van der Waals surface area contributed by atoms with Crippen molar-refractivity contribution in [3.63, 3.8) is 0 Å². The first kappa shape index (κ1) is 11.4. The Kier molecular flexibility index (Phi) is 4.79. The van der Waals surface area contributed by atoms with E-state index in [2.05, 4.69) is 10.1 Å². The maximum atomic E-state index is 11.4. The van der Waals surface area contributed by atoms with Crippen LogP contribution in [0.5, 0.6) is 0 Å². The van der Waals surface area contributed by atoms with E-state index in [1.165, 1.54) is 18.9 Å². The normalized spacial score (nSPS) is 22.4. The third-order valence-corrected chi connectivity index (χ3v) is 3.37. The van der Waals surface area contributed by atoms with Gasteiger partial charge in [0, 0.05) is 6.54 Å². The highest BCUT2D eigenvalue weighted by Gasteiger charge is 2.21. The SMILES string of the molecule is COC(=O)CS[C@@H]1CCCCNC1=O. The Hall–Kier alpha value is -0.710. The van der Waals surface area contributed by atoms with Crippen molar-refractivity contribution < 1.29 is 14.3 Å². The van der Waals surface area contributed by atoms with Gasteiger partial charge in [0.15, 0.2) is 0 Å². The second-order valence-corrected chi connectivity index (χ2v) is 4.35. The molecule has 0 saturated carbocycles. The molecule has 4 nitrogen and oxygen atoms in total. The standard InChI is InChI=1S/C9H15NO3S/c1-13-8(11)6-14-7-4-2-3-5-10-9(7)12/h7H,2-6H2,1H3,(H,10,12)/t7-/m1/s1. The molecule has 1 rings (SSSR count). The molecule has 1 aliphatic heterocycles. The van der Waals surface area contributed by atoms with E-state index in [0.717, 1.165) is 25.8 Å². The zero-order chi connectivity index (χ0) is 10.4. The number of nitrogens with one attached hydrogen (secondary N) is 1. The van der Waals surface area contributed by atoms with Crippen LogP contribution in [0.4, 0.5) is 0 Å². The lowest BCUT2D eigenvalue weighted by Crippen LogP contribution is -2.31. The number of hydrogen-bond acceptors (Lipinski definition) is 4. The van der Waals surface area contributed by atoms with Crippen LogP contribution in [-0.4, -0.2) is 36.5 Å². The average molecular weight is 217 g/mol. The van der Waals surface area contributed by atoms with Gasteiger partial charge in [-0.3, -0.25) is 9.59 Å². The first-order valence-electron chi connectivity index (χ1n) is 4.70. The fourth-order valence-corrected chi connectivity index (χ4v) is 2.32. The zero-order valence-corrected chi connectivity index (χ0v) is 9.06. The van der Waals surface area contributed by atoms with E-state index in [0.29, 0.717) is 0 Å². The molecule has 5 heteroatoms. The Morgan fingerprint density at radius 2 is 2.43 bits per heavy atom. The van der Waals surface area contributed by atoms with Crippen molar-refractivity contribution in [1.82, 2.24) is 5.32 Å². The molecule has 0 aromatic heterocycles. The predicted octanol–water partition coefficient (Wildman–Crippen LogP) is 0.561. The van der Waals surface area contributed by atoms with Gasteiger partial charge < -0.3 is 10.1 Å². The number of ether oxygens (including phenoxy) is 1. The van der Waals surface area contributed by atoms with Crippen molar-refractivity contribution in [1.29, 1.82) is 0 Å². The molecule has 1 saturated heterocycles. The van der Waals surface area contributed by atoms with E-state index >= 15 is 0 Å². The Morgan fingerprint density at radius 1 is 1.64 bits per heavy atom. The predicted molar refractivity (Wildman–Crippen MR) is 55.1 cm³/mol. The van der Waals surface area contributed by atoms with E-state index in [1.54, 1.807) is 0 Å². The summed E-state index contributed by atoms with van der Waals surface area (Å²) in [6, 6.07) is 0. The van der Waals surface area contributed by atoms with Gasteiger partial charge in [-0.05, 0) is 12.8 Å². The van der Waals surface area contributed by atoms with Gasteiger partial charge in [0.05, 0.1) is 18.1 Å². The lowest BCUT2D eigenvalue weighted by atomic mass is 10.2. The Morgan fingerprint density at radius 3 is 3.14 bits per heavy atom. The van der Waals surface area contributed by atoms with Crippen LogP contribution in [0.25, 0.3) is 0 Å². The Labute approximate surface area is 87.8 Å². The summed E-state index contributed by atoms with van der Waals surface area (Å²) in [5.74, 6) is 0.0395. The highest BCUT2D eigenvalue weighted by Crippen LogP contribution is 2.19. The van der Waals surface area contributed by atoms with Crippen LogP contribution in [0.1, 0.15) is 19.3 Å². The van der Waals surface area contributed by atoms with Crippen molar-refractivity contribution in [2.75, 3.05) is 19.4 Å². The second-order valence-electron chi connectivity index (χ2n) is 3.16. The molecule has 14 heavy (non-hydrogen) atoms. The molecule has 0 aliphatic carbocycles. The van der Waals surface area contributed by atoms with Gasteiger partial charge >= 0.3 is 5.97 Å². The zero-order valence-electron chi connectivity index (χ0n) is 8.25. The fraction of sp³-hybridized carbons (Fsp3) is 0.778. The van der Waals surface area contributed by atoms with Crippen LogP contribution >= 0.6 is 11.8 Å². The van der Waals surface area contributed by atoms with Crippen LogP contribution < -0.4 is 5.32 Å². The number of amides is 1. The van der Waals surface area contributed by atoms with Crippen LogP contribution in [0.3, 0.4) is 0 Å². The van der Waals surface area contributed by atoms with Gasteiger partial charge in [-0.2, -0.15) is 0 Å². The minimum absolute atomic E-state index is 0.0522. The first-order valence-corrected chi connectivity index (χ1v) is 5.75. The van der Waals surface area contributed by atoms with Crippen LogP contribution in [0, 0.1) is 0 Å². The monoisotopic (exact) mass is 217 g/mol. The van der Waals surface area contributed by atoms with Crippen LogP contribution in [0.15, 0.2) is 0 Å². The average Bonchev–Trinajstić information content (AvgIpc) is 2.39. The van der Waals surface area contributed by atoms with E-state index in [-0.39, 0.29) is 22.9 Å². The number of hydrogen-bond donors (Lipinski definition) is 1. The smallest absolute Gasteiger partial charge is 0.315 e. The molecule has 0 spiro atoms. The molecule has 1 fully saturated rings. The maximum Gasteiger partial charge on any atom is 0.315 e. The van der Waals surface area contributed by atoms with Gasteiger partial charge in [0.2, 0.25) is 5.91 Å². The van der Waals surface area contributed by atoms with Crippen molar-refractivity contribution in [3.8, 4) is 0 Å². The number of methoxy groups -OCH3 is 1. The van der Waals surface area contributed by atoms with Crippen molar-refractivity contribution in [2.24, 2.45) is 0 Å². The largest absolute Gasteiger partial charge is 0.468 e. The minimum atomic E-state index is -0.271. The van der Waals surface area contributed by atoms with E-state index in [9.17, 15) is 9.59 Å². The summed E-state index contributed by atoms with van der Waals surface area (Å²) < 4.78 is 4.52.